The fourth-order valence-electron chi connectivity index (χ4n) is 6.84. The molecule has 1 amide bonds. The van der Waals surface area contributed by atoms with Gasteiger partial charge in [-0.25, -0.2) is 8.78 Å². The molecule has 2 atom stereocenters. The van der Waals surface area contributed by atoms with Crippen LogP contribution in [0, 0.1) is 17.0 Å². The lowest BCUT2D eigenvalue weighted by atomic mass is 9.66. The molecule has 9 heteroatoms. The van der Waals surface area contributed by atoms with Gasteiger partial charge >= 0.3 is 0 Å². The number of likely N-dealkylation sites (tertiary alicyclic amines) is 1. The van der Waals surface area contributed by atoms with Crippen LogP contribution in [-0.4, -0.2) is 91.5 Å². The number of piperazine rings is 1. The highest BCUT2D eigenvalue weighted by molar-refractivity contribution is 5.86. The van der Waals surface area contributed by atoms with Crippen molar-refractivity contribution in [3.05, 3.63) is 89.6 Å². The van der Waals surface area contributed by atoms with Gasteiger partial charge in [-0.2, -0.15) is 0 Å². The summed E-state index contributed by atoms with van der Waals surface area (Å²) in [6, 6.07) is 12.8. The van der Waals surface area contributed by atoms with Crippen molar-refractivity contribution in [3.8, 4) is 0 Å². The van der Waals surface area contributed by atoms with Crippen LogP contribution < -0.4 is 5.32 Å². The molecule has 3 aliphatic rings. The Morgan fingerprint density at radius 1 is 1.09 bits per heavy atom. The fraction of sp³-hybridized carbons (Fsp3) is 0.471. The van der Waals surface area contributed by atoms with Gasteiger partial charge in [0.15, 0.2) is 0 Å². The molecule has 1 saturated carbocycles. The summed E-state index contributed by atoms with van der Waals surface area (Å²) in [5.74, 6) is -0.977. The summed E-state index contributed by atoms with van der Waals surface area (Å²) in [6.07, 6.45) is 12.5. The van der Waals surface area contributed by atoms with Crippen LogP contribution in [0.1, 0.15) is 49.3 Å². The Kier molecular flexibility index (Phi) is 11.2. The van der Waals surface area contributed by atoms with Gasteiger partial charge < -0.3 is 25.1 Å². The number of rotatable bonds is 8. The summed E-state index contributed by atoms with van der Waals surface area (Å²) in [7, 11) is 4.18. The van der Waals surface area contributed by atoms with Gasteiger partial charge in [-0.3, -0.25) is 9.59 Å². The quantitative estimate of drug-likeness (QED) is 0.268. The topological polar surface area (TPSA) is 76.1 Å². The van der Waals surface area contributed by atoms with Crippen molar-refractivity contribution in [2.24, 2.45) is 5.41 Å². The maximum absolute atomic E-state index is 13.5. The van der Waals surface area contributed by atoms with Crippen LogP contribution in [0.4, 0.5) is 8.78 Å². The number of aliphatic hydroxyl groups is 1. The van der Waals surface area contributed by atoms with Gasteiger partial charge in [0.2, 0.25) is 6.41 Å². The molecule has 43 heavy (non-hydrogen) atoms. The zero-order valence-corrected chi connectivity index (χ0v) is 25.2. The van der Waals surface area contributed by atoms with E-state index in [9.17, 15) is 23.5 Å². The molecule has 3 fully saturated rings. The Morgan fingerprint density at radius 3 is 2.53 bits per heavy atom. The van der Waals surface area contributed by atoms with E-state index in [1.807, 2.05) is 49.7 Å². The van der Waals surface area contributed by atoms with Gasteiger partial charge in [0.25, 0.3) is 0 Å². The van der Waals surface area contributed by atoms with Crippen LogP contribution in [0.5, 0.6) is 0 Å². The SMILES string of the molecule is CN(/C=C\C(=C/C=O)c1ccccc1)CC1(O)CCN(C)CC12CCCC2.O=CN1CCNCC1c1cc(F)ccc1F. The lowest BCUT2D eigenvalue weighted by Crippen LogP contribution is -2.61. The smallest absolute Gasteiger partial charge is 0.210 e. The third-order valence-corrected chi connectivity index (χ3v) is 9.14. The van der Waals surface area contributed by atoms with Crippen LogP contribution in [0.3, 0.4) is 0 Å². The second-order valence-electron chi connectivity index (χ2n) is 12.1. The molecule has 1 aliphatic carbocycles. The van der Waals surface area contributed by atoms with E-state index in [0.29, 0.717) is 32.6 Å². The van der Waals surface area contributed by atoms with Crippen LogP contribution in [0.2, 0.25) is 0 Å². The highest BCUT2D eigenvalue weighted by atomic mass is 19.1. The lowest BCUT2D eigenvalue weighted by Gasteiger charge is -2.52. The summed E-state index contributed by atoms with van der Waals surface area (Å²) in [4.78, 5) is 27.8. The van der Waals surface area contributed by atoms with Gasteiger partial charge in [-0.1, -0.05) is 43.2 Å². The van der Waals surface area contributed by atoms with E-state index in [2.05, 4.69) is 22.2 Å². The minimum absolute atomic E-state index is 0.0169. The Balaban J connectivity index is 0.000000225. The number of carbonyl (C=O) groups is 2. The minimum Gasteiger partial charge on any atom is -0.387 e. The largest absolute Gasteiger partial charge is 0.387 e. The first-order valence-corrected chi connectivity index (χ1v) is 15.1. The molecule has 2 heterocycles. The predicted molar refractivity (Wildman–Crippen MR) is 165 cm³/mol. The molecule has 0 radical (unpaired) electrons. The van der Waals surface area contributed by atoms with Gasteiger partial charge in [0.05, 0.1) is 11.6 Å². The molecule has 232 valence electrons. The lowest BCUT2D eigenvalue weighted by molar-refractivity contribution is -0.136. The normalized spacial score (nSPS) is 24.1. The highest BCUT2D eigenvalue weighted by Gasteiger charge is 2.54. The molecule has 2 saturated heterocycles. The second-order valence-corrected chi connectivity index (χ2v) is 12.1. The van der Waals surface area contributed by atoms with Gasteiger partial charge in [0, 0.05) is 57.3 Å². The minimum atomic E-state index is -0.656. The molecular formula is C34H44F2N4O3. The number of carbonyl (C=O) groups excluding carboxylic acids is 2. The number of nitrogens with zero attached hydrogens (tertiary/aromatic N) is 3. The predicted octanol–water partition coefficient (Wildman–Crippen LogP) is 4.41. The zero-order valence-electron chi connectivity index (χ0n) is 25.2. The number of amides is 1. The van der Waals surface area contributed by atoms with Crippen molar-refractivity contribution in [2.45, 2.75) is 43.7 Å². The molecule has 2 aliphatic heterocycles. The van der Waals surface area contributed by atoms with Gasteiger partial charge in [-0.15, -0.1) is 0 Å². The Labute approximate surface area is 253 Å². The van der Waals surface area contributed by atoms with Crippen LogP contribution >= 0.6 is 0 Å². The second kappa shape index (κ2) is 14.9. The molecule has 2 aromatic rings. The number of nitrogens with one attached hydrogen (secondary N) is 1. The molecule has 2 unspecified atom stereocenters. The number of halogens is 2. The number of likely N-dealkylation sites (N-methyl/N-ethyl adjacent to an activating group) is 1. The molecule has 1 spiro atoms. The monoisotopic (exact) mass is 594 g/mol. The molecular weight excluding hydrogens is 550 g/mol. The number of allylic oxidation sites excluding steroid dienone is 3. The Bertz CT molecular complexity index is 1280. The Morgan fingerprint density at radius 2 is 1.84 bits per heavy atom. The number of benzene rings is 2. The molecule has 2 aromatic carbocycles. The molecule has 0 bridgehead atoms. The van der Waals surface area contributed by atoms with E-state index in [4.69, 9.17) is 0 Å². The molecule has 2 N–H and O–H groups in total. The Hall–Kier alpha value is -3.40. The third kappa shape index (κ3) is 7.96. The number of piperidine rings is 1. The van der Waals surface area contributed by atoms with Crippen molar-refractivity contribution in [3.63, 3.8) is 0 Å². The van der Waals surface area contributed by atoms with Gasteiger partial charge in [0.1, 0.15) is 17.9 Å². The fourth-order valence-corrected chi connectivity index (χ4v) is 6.84. The summed E-state index contributed by atoms with van der Waals surface area (Å²) in [6.45, 7) is 4.17. The number of aldehydes is 1. The first-order valence-electron chi connectivity index (χ1n) is 15.1. The van der Waals surface area contributed by atoms with E-state index in [1.54, 1.807) is 6.08 Å². The summed E-state index contributed by atoms with van der Waals surface area (Å²) in [5, 5.41) is 14.7. The zero-order chi connectivity index (χ0) is 30.9. The number of hydrogen-bond acceptors (Lipinski definition) is 6. The first kappa shape index (κ1) is 32.5. The van der Waals surface area contributed by atoms with E-state index in [0.717, 1.165) is 68.0 Å². The van der Waals surface area contributed by atoms with Crippen LogP contribution in [0.15, 0.2) is 66.9 Å². The van der Waals surface area contributed by atoms with Crippen molar-refractivity contribution in [2.75, 3.05) is 53.4 Å². The highest BCUT2D eigenvalue weighted by Crippen LogP contribution is 2.51. The van der Waals surface area contributed by atoms with Crippen molar-refractivity contribution in [1.29, 1.82) is 0 Å². The summed E-state index contributed by atoms with van der Waals surface area (Å²) >= 11 is 0. The standard InChI is InChI=1S/C23H32N2O2.C11H12F2N2O/c1-24(15-10-21(11-17-26)20-8-4-3-5-9-20)19-23(27)14-16-25(2)18-22(23)12-6-7-13-22;12-8-1-2-10(13)9(5-8)11-6-14-3-4-15(11)7-16/h3-5,8-11,15,17,27H,6-7,12-14,16,18-19H2,1-2H3;1-2,5,7,11,14H,3-4,6H2/b15-10-,21-11+;. The van der Waals surface area contributed by atoms with E-state index < -0.39 is 23.3 Å². The van der Waals surface area contributed by atoms with Crippen molar-refractivity contribution < 1.29 is 23.5 Å². The van der Waals surface area contributed by atoms with Crippen LogP contribution in [0.25, 0.3) is 5.57 Å². The van der Waals surface area contributed by atoms with Crippen LogP contribution in [-0.2, 0) is 9.59 Å². The van der Waals surface area contributed by atoms with E-state index in [-0.39, 0.29) is 11.0 Å². The third-order valence-electron chi connectivity index (χ3n) is 9.14. The average Bonchev–Trinajstić information content (AvgIpc) is 3.49. The van der Waals surface area contributed by atoms with E-state index >= 15 is 0 Å². The summed E-state index contributed by atoms with van der Waals surface area (Å²) < 4.78 is 26.6. The first-order chi connectivity index (χ1) is 20.7. The molecule has 0 aromatic heterocycles. The maximum Gasteiger partial charge on any atom is 0.210 e. The van der Waals surface area contributed by atoms with Crippen molar-refractivity contribution in [1.82, 2.24) is 20.0 Å². The van der Waals surface area contributed by atoms with E-state index in [1.165, 1.54) is 17.7 Å². The summed E-state index contributed by atoms with van der Waals surface area (Å²) in [5.41, 5.74) is 1.47. The van der Waals surface area contributed by atoms with Crippen molar-refractivity contribution >= 4 is 18.3 Å². The average molecular weight is 595 g/mol. The van der Waals surface area contributed by atoms with Gasteiger partial charge in [-0.05, 0) is 74.0 Å². The molecule has 5 rings (SSSR count). The maximum atomic E-state index is 13.5. The number of hydrogen-bond donors (Lipinski definition) is 2. The molecule has 7 nitrogen and oxygen atoms in total.